The predicted octanol–water partition coefficient (Wildman–Crippen LogP) is 4.18. The number of benzene rings is 2. The van der Waals surface area contributed by atoms with E-state index < -0.39 is 11.9 Å². The van der Waals surface area contributed by atoms with E-state index in [0.717, 1.165) is 83.7 Å². The molecule has 43 heavy (non-hydrogen) atoms. The van der Waals surface area contributed by atoms with Crippen LogP contribution in [0.25, 0.3) is 0 Å². The molecule has 2 aromatic carbocycles. The largest absolute Gasteiger partial charge is 0.493 e. The fourth-order valence-corrected chi connectivity index (χ4v) is 6.84. The number of unbranched alkanes of at least 4 members (excludes halogenated alkanes) is 1. The Morgan fingerprint density at radius 3 is 2.63 bits per heavy atom. The Morgan fingerprint density at radius 2 is 1.86 bits per heavy atom. The third-order valence-electron chi connectivity index (χ3n) is 9.09. The number of rotatable bonds is 14. The molecule has 234 valence electrons. The maximum atomic E-state index is 13.9. The number of hydrogen-bond acceptors (Lipinski definition) is 6. The summed E-state index contributed by atoms with van der Waals surface area (Å²) in [6, 6.07) is 11.7. The van der Waals surface area contributed by atoms with E-state index in [4.69, 9.17) is 14.2 Å². The van der Waals surface area contributed by atoms with Gasteiger partial charge in [-0.05, 0) is 48.1 Å². The van der Waals surface area contributed by atoms with Crippen molar-refractivity contribution in [2.75, 3.05) is 67.3 Å². The van der Waals surface area contributed by atoms with E-state index in [1.165, 1.54) is 0 Å². The van der Waals surface area contributed by atoms with Crippen LogP contribution in [0.1, 0.15) is 55.2 Å². The van der Waals surface area contributed by atoms with Gasteiger partial charge in [0.05, 0.1) is 46.8 Å². The first-order valence-corrected chi connectivity index (χ1v) is 15.8. The molecule has 0 aromatic heterocycles. The van der Waals surface area contributed by atoms with Crippen LogP contribution in [0.15, 0.2) is 36.4 Å². The molecule has 0 unspecified atom stereocenters. The fourth-order valence-electron chi connectivity index (χ4n) is 6.84. The third-order valence-corrected chi connectivity index (χ3v) is 9.09. The van der Waals surface area contributed by atoms with Gasteiger partial charge in [0, 0.05) is 44.4 Å². The van der Waals surface area contributed by atoms with Gasteiger partial charge in [0.25, 0.3) is 0 Å². The summed E-state index contributed by atoms with van der Waals surface area (Å²) >= 11 is 0. The average Bonchev–Trinajstić information content (AvgIpc) is 3.71. The predicted molar refractivity (Wildman–Crippen MR) is 165 cm³/mol. The summed E-state index contributed by atoms with van der Waals surface area (Å²) in [5.74, 6) is 0.777. The number of likely N-dealkylation sites (tertiary alicyclic amines) is 1. The van der Waals surface area contributed by atoms with E-state index in [0.29, 0.717) is 26.0 Å². The molecule has 9 heteroatoms. The van der Waals surface area contributed by atoms with Gasteiger partial charge in [-0.3, -0.25) is 14.5 Å². The molecule has 9 nitrogen and oxygen atoms in total. The zero-order valence-electron chi connectivity index (χ0n) is 26.2. The number of quaternary nitrogens is 1. The van der Waals surface area contributed by atoms with Gasteiger partial charge in [0.1, 0.15) is 5.75 Å². The van der Waals surface area contributed by atoms with E-state index in [9.17, 15) is 14.7 Å². The number of ether oxygens (including phenoxy) is 3. The van der Waals surface area contributed by atoms with Crippen LogP contribution in [0.4, 0.5) is 0 Å². The summed E-state index contributed by atoms with van der Waals surface area (Å²) in [5.41, 5.74) is 3.15. The van der Waals surface area contributed by atoms with Crippen LogP contribution in [0.2, 0.25) is 0 Å². The Labute approximate surface area is 255 Å². The van der Waals surface area contributed by atoms with Gasteiger partial charge in [0.2, 0.25) is 12.7 Å². The molecule has 3 aliphatic rings. The van der Waals surface area contributed by atoms with Crippen molar-refractivity contribution in [2.24, 2.45) is 5.92 Å². The van der Waals surface area contributed by atoms with Crippen LogP contribution in [-0.2, 0) is 22.4 Å². The minimum Gasteiger partial charge on any atom is -0.493 e. The Balaban J connectivity index is 1.39. The second kappa shape index (κ2) is 13.6. The average molecular weight is 595 g/mol. The molecule has 3 atom stereocenters. The Morgan fingerprint density at radius 1 is 1.05 bits per heavy atom. The van der Waals surface area contributed by atoms with Gasteiger partial charge in [-0.25, -0.2) is 0 Å². The molecule has 1 N–H and O–H groups in total. The van der Waals surface area contributed by atoms with Crippen molar-refractivity contribution in [3.63, 3.8) is 0 Å². The molecule has 3 aliphatic heterocycles. The zero-order chi connectivity index (χ0) is 30.6. The molecule has 1 amide bonds. The van der Waals surface area contributed by atoms with Crippen LogP contribution in [-0.4, -0.2) is 105 Å². The quantitative estimate of drug-likeness (QED) is 0.329. The first-order valence-electron chi connectivity index (χ1n) is 15.8. The Bertz CT molecular complexity index is 1290. The molecule has 0 bridgehead atoms. The minimum absolute atomic E-state index is 0.0873. The van der Waals surface area contributed by atoms with Crippen LogP contribution < -0.4 is 14.2 Å². The number of para-hydroxylation sites is 1. The van der Waals surface area contributed by atoms with Crippen molar-refractivity contribution in [3.8, 4) is 17.2 Å². The maximum Gasteiger partial charge on any atom is 0.308 e. The summed E-state index contributed by atoms with van der Waals surface area (Å²) in [4.78, 5) is 31.0. The molecule has 0 spiro atoms. The summed E-state index contributed by atoms with van der Waals surface area (Å²) < 4.78 is 17.9. The summed E-state index contributed by atoms with van der Waals surface area (Å²) in [6.07, 6.45) is 4.98. The summed E-state index contributed by atoms with van der Waals surface area (Å²) in [6.45, 7) is 6.18. The van der Waals surface area contributed by atoms with E-state index in [-0.39, 0.29) is 31.2 Å². The highest BCUT2D eigenvalue weighted by molar-refractivity contribution is 5.79. The van der Waals surface area contributed by atoms with Crippen molar-refractivity contribution >= 4 is 11.9 Å². The van der Waals surface area contributed by atoms with Crippen LogP contribution in [0, 0.1) is 5.92 Å². The highest BCUT2D eigenvalue weighted by atomic mass is 16.7. The van der Waals surface area contributed by atoms with Gasteiger partial charge in [0.15, 0.2) is 11.5 Å². The van der Waals surface area contributed by atoms with Crippen molar-refractivity contribution in [1.82, 2.24) is 9.80 Å². The number of aliphatic carboxylic acids is 1. The smallest absolute Gasteiger partial charge is 0.308 e. The number of hydrogen-bond donors (Lipinski definition) is 1. The Hall–Kier alpha value is -3.30. The molecule has 0 aliphatic carbocycles. The topological polar surface area (TPSA) is 88.5 Å². The molecule has 3 heterocycles. The van der Waals surface area contributed by atoms with Crippen molar-refractivity contribution in [1.29, 1.82) is 0 Å². The number of amides is 1. The number of carboxylic acids is 1. The molecular weight excluding hydrogens is 546 g/mol. The van der Waals surface area contributed by atoms with Crippen molar-refractivity contribution in [2.45, 2.75) is 57.4 Å². The van der Waals surface area contributed by atoms with Gasteiger partial charge < -0.3 is 28.7 Å². The van der Waals surface area contributed by atoms with Gasteiger partial charge in [-0.1, -0.05) is 37.6 Å². The van der Waals surface area contributed by atoms with Gasteiger partial charge >= 0.3 is 5.97 Å². The molecule has 1 fully saturated rings. The van der Waals surface area contributed by atoms with Crippen LogP contribution in [0.5, 0.6) is 17.2 Å². The summed E-state index contributed by atoms with van der Waals surface area (Å²) in [5, 5.41) is 10.6. The molecule has 5 rings (SSSR count). The van der Waals surface area contributed by atoms with Gasteiger partial charge in [-0.15, -0.1) is 0 Å². The number of carbonyl (C=O) groups is 2. The number of carboxylic acid groups (broad SMARTS) is 1. The number of fused-ring (bicyclic) bond motifs is 2. The lowest BCUT2D eigenvalue weighted by molar-refractivity contribution is -0.870. The highest BCUT2D eigenvalue weighted by Crippen LogP contribution is 2.42. The molecule has 1 saturated heterocycles. The lowest BCUT2D eigenvalue weighted by atomic mass is 9.83. The number of nitrogens with zero attached hydrogens (tertiary/aromatic N) is 3. The van der Waals surface area contributed by atoms with Crippen LogP contribution in [0.3, 0.4) is 0 Å². The second-order valence-corrected chi connectivity index (χ2v) is 13.2. The van der Waals surface area contributed by atoms with E-state index in [1.54, 1.807) is 0 Å². The molecule has 2 aromatic rings. The lowest BCUT2D eigenvalue weighted by Gasteiger charge is -2.31. The normalized spacial score (nSPS) is 21.1. The first-order chi connectivity index (χ1) is 20.6. The van der Waals surface area contributed by atoms with Crippen LogP contribution >= 0.6 is 0 Å². The van der Waals surface area contributed by atoms with Crippen molar-refractivity contribution in [3.05, 3.63) is 53.1 Å². The molecule has 0 saturated carbocycles. The Kier molecular flexibility index (Phi) is 9.82. The first kappa shape index (κ1) is 31.1. The number of carbonyl (C=O) groups excluding carboxylic acids is 1. The fraction of sp³-hybridized carbons (Fsp3) is 0.588. The molecule has 0 radical (unpaired) electrons. The van der Waals surface area contributed by atoms with Crippen molar-refractivity contribution < 1.29 is 33.4 Å². The maximum absolute atomic E-state index is 13.9. The monoisotopic (exact) mass is 594 g/mol. The SMILES string of the molecule is CCCCN(CCC[N+](C)(C)C)C(=O)CN1C[C@H](c2ccc3c(c2)CCO3)[C@@H](C(=O)O)[C@@H]1CCc1cccc2c1OCO2. The number of aryl methyl sites for hydroxylation is 1. The van der Waals surface area contributed by atoms with Gasteiger partial charge in [-0.2, -0.15) is 0 Å². The minimum atomic E-state index is -0.814. The van der Waals surface area contributed by atoms with E-state index >= 15 is 0 Å². The molecular formula is C34H48N3O6+. The summed E-state index contributed by atoms with van der Waals surface area (Å²) in [7, 11) is 6.51. The highest BCUT2D eigenvalue weighted by Gasteiger charge is 2.47. The standard InChI is InChI=1S/C34H47N3O6/c1-5-6-16-35(17-8-18-37(2,3)4)31(38)22-36-21-27(25-12-14-29-26(20-25)15-19-41-29)32(34(39)40)28(36)13-11-24-9-7-10-30-33(24)43-23-42-30/h7,9-10,12,14,20,27-28,32H,5-6,8,11,13,15-19,21-23H2,1-4H3/p+1/t27-,28+,32-/m1/s1. The van der Waals surface area contributed by atoms with E-state index in [1.807, 2.05) is 35.2 Å². The zero-order valence-corrected chi connectivity index (χ0v) is 26.2. The third kappa shape index (κ3) is 7.44. The lowest BCUT2D eigenvalue weighted by Crippen LogP contribution is -2.45. The van der Waals surface area contributed by atoms with E-state index in [2.05, 4.69) is 39.0 Å². The second-order valence-electron chi connectivity index (χ2n) is 13.2.